The van der Waals surface area contributed by atoms with Gasteiger partial charge < -0.3 is 15.2 Å². The minimum absolute atomic E-state index is 0.301. The Morgan fingerprint density at radius 3 is 2.90 bits per heavy atom. The maximum atomic E-state index is 10.0. The highest BCUT2D eigenvalue weighted by atomic mass is 127. The number of ether oxygens (including phenoxy) is 1. The van der Waals surface area contributed by atoms with Crippen molar-refractivity contribution in [2.45, 2.75) is 44.8 Å². The summed E-state index contributed by atoms with van der Waals surface area (Å²) in [4.78, 5) is 0. The van der Waals surface area contributed by atoms with Crippen LogP contribution in [0.2, 0.25) is 5.02 Å². The van der Waals surface area contributed by atoms with Gasteiger partial charge >= 0.3 is 0 Å². The van der Waals surface area contributed by atoms with Crippen molar-refractivity contribution in [2.24, 2.45) is 5.92 Å². The molecule has 3 unspecified atom stereocenters. The molecule has 0 spiro atoms. The molecular formula is C16H23ClINO2. The van der Waals surface area contributed by atoms with Gasteiger partial charge in [0.25, 0.3) is 0 Å². The van der Waals surface area contributed by atoms with Crippen molar-refractivity contribution in [3.63, 3.8) is 0 Å². The molecule has 21 heavy (non-hydrogen) atoms. The highest BCUT2D eigenvalue weighted by Crippen LogP contribution is 2.26. The van der Waals surface area contributed by atoms with E-state index in [1.807, 2.05) is 18.2 Å². The van der Waals surface area contributed by atoms with Crippen LogP contribution in [0, 0.1) is 9.49 Å². The zero-order valence-electron chi connectivity index (χ0n) is 12.3. The molecule has 118 valence electrons. The van der Waals surface area contributed by atoms with E-state index >= 15 is 0 Å². The highest BCUT2D eigenvalue weighted by Gasteiger charge is 2.22. The molecule has 1 saturated carbocycles. The molecule has 1 fully saturated rings. The highest BCUT2D eigenvalue weighted by molar-refractivity contribution is 14.1. The van der Waals surface area contributed by atoms with Crippen LogP contribution in [0.4, 0.5) is 5.69 Å². The molecule has 2 rings (SSSR count). The van der Waals surface area contributed by atoms with E-state index in [-0.39, 0.29) is 0 Å². The Morgan fingerprint density at radius 1 is 1.43 bits per heavy atom. The fourth-order valence-corrected chi connectivity index (χ4v) is 3.61. The smallest absolute Gasteiger partial charge is 0.0945 e. The number of hydrogen-bond acceptors (Lipinski definition) is 3. The Balaban J connectivity index is 1.73. The minimum Gasteiger partial charge on any atom is -0.389 e. The van der Waals surface area contributed by atoms with Gasteiger partial charge in [0.15, 0.2) is 0 Å². The summed E-state index contributed by atoms with van der Waals surface area (Å²) in [5, 5.41) is 13.9. The van der Waals surface area contributed by atoms with Crippen LogP contribution in [0.3, 0.4) is 0 Å². The SMILES string of the molecule is CC1CCCCC1OCC(O)CNc1ccc(I)cc1Cl. The molecule has 0 aliphatic heterocycles. The van der Waals surface area contributed by atoms with Gasteiger partial charge in [-0.25, -0.2) is 0 Å². The summed E-state index contributed by atoms with van der Waals surface area (Å²) in [7, 11) is 0. The number of halogens is 2. The number of benzene rings is 1. The molecule has 3 nitrogen and oxygen atoms in total. The van der Waals surface area contributed by atoms with Gasteiger partial charge in [0.1, 0.15) is 0 Å². The topological polar surface area (TPSA) is 41.5 Å². The second kappa shape index (κ2) is 8.56. The molecule has 2 N–H and O–H groups in total. The lowest BCUT2D eigenvalue weighted by Gasteiger charge is -2.29. The molecule has 0 bridgehead atoms. The summed E-state index contributed by atoms with van der Waals surface area (Å²) in [5.74, 6) is 0.601. The third-order valence-corrected chi connectivity index (χ3v) is 4.98. The second-order valence-corrected chi connectivity index (χ2v) is 7.45. The van der Waals surface area contributed by atoms with E-state index in [1.165, 1.54) is 19.3 Å². The molecule has 0 heterocycles. The number of anilines is 1. The lowest BCUT2D eigenvalue weighted by molar-refractivity contribution is -0.0424. The van der Waals surface area contributed by atoms with Crippen molar-refractivity contribution >= 4 is 39.9 Å². The van der Waals surface area contributed by atoms with Crippen LogP contribution in [0.15, 0.2) is 18.2 Å². The number of nitrogens with one attached hydrogen (secondary N) is 1. The molecule has 1 aliphatic carbocycles. The summed E-state index contributed by atoms with van der Waals surface area (Å²) in [5.41, 5.74) is 0.849. The Bertz CT molecular complexity index is 458. The molecule has 5 heteroatoms. The maximum Gasteiger partial charge on any atom is 0.0945 e. The first kappa shape index (κ1) is 17.3. The predicted molar refractivity (Wildman–Crippen MR) is 96.0 cm³/mol. The van der Waals surface area contributed by atoms with Crippen LogP contribution in [-0.4, -0.2) is 30.5 Å². The van der Waals surface area contributed by atoms with Gasteiger partial charge in [-0.05, 0) is 59.5 Å². The van der Waals surface area contributed by atoms with Gasteiger partial charge in [0.2, 0.25) is 0 Å². The number of rotatable bonds is 6. The first-order chi connectivity index (χ1) is 10.1. The van der Waals surface area contributed by atoms with Crippen molar-refractivity contribution in [3.8, 4) is 0 Å². The van der Waals surface area contributed by atoms with E-state index in [4.69, 9.17) is 16.3 Å². The standard InChI is InChI=1S/C16H23ClINO2/c1-11-4-2-3-5-16(11)21-10-13(20)9-19-15-7-6-12(18)8-14(15)17/h6-8,11,13,16,19-20H,2-5,9-10H2,1H3. The third-order valence-electron chi connectivity index (χ3n) is 3.99. The fourth-order valence-electron chi connectivity index (χ4n) is 2.68. The number of aliphatic hydroxyl groups is 1. The third kappa shape index (κ3) is 5.58. The summed E-state index contributed by atoms with van der Waals surface area (Å²) in [6.07, 6.45) is 4.67. The van der Waals surface area contributed by atoms with Crippen molar-refractivity contribution in [2.75, 3.05) is 18.5 Å². The molecule has 0 saturated heterocycles. The average molecular weight is 424 g/mol. The average Bonchev–Trinajstić information content (AvgIpc) is 2.45. The van der Waals surface area contributed by atoms with E-state index in [0.29, 0.717) is 30.2 Å². The largest absolute Gasteiger partial charge is 0.389 e. The molecule has 3 atom stereocenters. The Morgan fingerprint density at radius 2 is 2.19 bits per heavy atom. The van der Waals surface area contributed by atoms with Crippen molar-refractivity contribution in [1.29, 1.82) is 0 Å². The van der Waals surface area contributed by atoms with E-state index in [2.05, 4.69) is 34.8 Å². The summed E-state index contributed by atoms with van der Waals surface area (Å²) >= 11 is 8.37. The first-order valence-electron chi connectivity index (χ1n) is 7.55. The monoisotopic (exact) mass is 423 g/mol. The van der Waals surface area contributed by atoms with Gasteiger partial charge in [0, 0.05) is 10.1 Å². The van der Waals surface area contributed by atoms with Crippen molar-refractivity contribution < 1.29 is 9.84 Å². The van der Waals surface area contributed by atoms with Crippen molar-refractivity contribution in [1.82, 2.24) is 0 Å². The molecule has 1 aromatic rings. The predicted octanol–water partition coefficient (Wildman–Crippen LogP) is 4.31. The van der Waals surface area contributed by atoms with Crippen LogP contribution in [0.5, 0.6) is 0 Å². The van der Waals surface area contributed by atoms with Gasteiger partial charge in [0.05, 0.1) is 29.5 Å². The molecule has 0 radical (unpaired) electrons. The zero-order valence-corrected chi connectivity index (χ0v) is 15.2. The van der Waals surface area contributed by atoms with Gasteiger partial charge in [-0.3, -0.25) is 0 Å². The Hall–Kier alpha value is -0.0400. The normalized spacial score (nSPS) is 23.8. The summed E-state index contributed by atoms with van der Waals surface area (Å²) in [6, 6.07) is 5.82. The molecule has 0 amide bonds. The van der Waals surface area contributed by atoms with Crippen LogP contribution in [0.25, 0.3) is 0 Å². The lowest BCUT2D eigenvalue weighted by atomic mass is 9.88. The molecule has 1 aliphatic rings. The first-order valence-corrected chi connectivity index (χ1v) is 9.00. The van der Waals surface area contributed by atoms with E-state index in [1.54, 1.807) is 0 Å². The second-order valence-electron chi connectivity index (χ2n) is 5.79. The summed E-state index contributed by atoms with van der Waals surface area (Å²) in [6.45, 7) is 3.06. The van der Waals surface area contributed by atoms with Crippen LogP contribution in [-0.2, 0) is 4.74 Å². The lowest BCUT2D eigenvalue weighted by Crippen LogP contribution is -2.32. The van der Waals surface area contributed by atoms with E-state index < -0.39 is 6.10 Å². The molecule has 0 aromatic heterocycles. The van der Waals surface area contributed by atoms with Gasteiger partial charge in [-0.15, -0.1) is 0 Å². The van der Waals surface area contributed by atoms with Crippen molar-refractivity contribution in [3.05, 3.63) is 26.8 Å². The van der Waals surface area contributed by atoms with Gasteiger partial charge in [-0.1, -0.05) is 31.4 Å². The summed E-state index contributed by atoms with van der Waals surface area (Å²) < 4.78 is 6.97. The fraction of sp³-hybridized carbons (Fsp3) is 0.625. The maximum absolute atomic E-state index is 10.0. The number of hydrogen-bond donors (Lipinski definition) is 2. The zero-order chi connectivity index (χ0) is 15.2. The van der Waals surface area contributed by atoms with Crippen LogP contribution >= 0.6 is 34.2 Å². The Labute approximate surface area is 145 Å². The molecular weight excluding hydrogens is 401 g/mol. The van der Waals surface area contributed by atoms with E-state index in [9.17, 15) is 5.11 Å². The Kier molecular flexibility index (Phi) is 7.05. The van der Waals surface area contributed by atoms with E-state index in [0.717, 1.165) is 15.7 Å². The molecule has 1 aromatic carbocycles. The van der Waals surface area contributed by atoms with Crippen LogP contribution < -0.4 is 5.32 Å². The van der Waals surface area contributed by atoms with Gasteiger partial charge in [-0.2, -0.15) is 0 Å². The minimum atomic E-state index is -0.519. The van der Waals surface area contributed by atoms with Crippen LogP contribution in [0.1, 0.15) is 32.6 Å². The quantitative estimate of drug-likeness (QED) is 0.670. The number of aliphatic hydroxyl groups excluding tert-OH is 1.